The van der Waals surface area contributed by atoms with Crippen LogP contribution in [0.1, 0.15) is 32.0 Å². The van der Waals surface area contributed by atoms with Crippen molar-refractivity contribution in [2.24, 2.45) is 5.41 Å². The van der Waals surface area contributed by atoms with Crippen LogP contribution in [0.4, 0.5) is 0 Å². The van der Waals surface area contributed by atoms with Gasteiger partial charge in [-0.2, -0.15) is 4.98 Å². The topological polar surface area (TPSA) is 80.5 Å². The van der Waals surface area contributed by atoms with Crippen LogP contribution in [0.5, 0.6) is 0 Å². The van der Waals surface area contributed by atoms with E-state index in [2.05, 4.69) is 20.4 Å². The van der Waals surface area contributed by atoms with Gasteiger partial charge in [-0.1, -0.05) is 23.4 Å². The number of hydrogen-bond donors (Lipinski definition) is 1. The molecule has 2 atom stereocenters. The highest BCUT2D eigenvalue weighted by atomic mass is 16.5. The smallest absolute Gasteiger partial charge is 0.314 e. The van der Waals surface area contributed by atoms with E-state index in [9.17, 15) is 4.79 Å². The van der Waals surface area contributed by atoms with Crippen LogP contribution >= 0.6 is 0 Å². The number of ether oxygens (including phenoxy) is 1. The summed E-state index contributed by atoms with van der Waals surface area (Å²) in [6.45, 7) is 5.39. The molecule has 0 amide bonds. The predicted molar refractivity (Wildman–Crippen MR) is 99.7 cm³/mol. The summed E-state index contributed by atoms with van der Waals surface area (Å²) < 4.78 is 10.9. The van der Waals surface area contributed by atoms with Crippen LogP contribution in [-0.2, 0) is 16.1 Å². The first-order chi connectivity index (χ1) is 13.2. The molecule has 0 aliphatic carbocycles. The van der Waals surface area contributed by atoms with E-state index in [1.807, 2.05) is 37.3 Å². The summed E-state index contributed by atoms with van der Waals surface area (Å²) in [5.41, 5.74) is 0.438. The standard InChI is InChI=1S/C20H26N4O3/c1-2-26-19(25)20-10-6-11-21-16(20)9-12-24(14-20)13-17-22-18(27-23-17)15-7-4-3-5-8-15/h3-5,7-8,16,21H,2,6,9-14H2,1H3/t16-,20+/m1/s1. The maximum Gasteiger partial charge on any atom is 0.314 e. The highest BCUT2D eigenvalue weighted by molar-refractivity contribution is 5.78. The third-order valence-corrected chi connectivity index (χ3v) is 5.63. The molecule has 144 valence electrons. The number of esters is 1. The molecular formula is C20H26N4O3. The number of aromatic nitrogens is 2. The lowest BCUT2D eigenvalue weighted by Gasteiger charge is -2.49. The third kappa shape index (κ3) is 3.61. The molecule has 0 bridgehead atoms. The average Bonchev–Trinajstić information content (AvgIpc) is 3.17. The highest BCUT2D eigenvalue weighted by Gasteiger charge is 2.51. The van der Waals surface area contributed by atoms with Gasteiger partial charge in [-0.3, -0.25) is 9.69 Å². The zero-order chi connectivity index (χ0) is 18.7. The van der Waals surface area contributed by atoms with E-state index in [4.69, 9.17) is 9.26 Å². The molecular weight excluding hydrogens is 344 g/mol. The molecule has 0 radical (unpaired) electrons. The fourth-order valence-corrected chi connectivity index (χ4v) is 4.34. The fraction of sp³-hybridized carbons (Fsp3) is 0.550. The van der Waals surface area contributed by atoms with E-state index in [-0.39, 0.29) is 12.0 Å². The second kappa shape index (κ2) is 7.78. The fourth-order valence-electron chi connectivity index (χ4n) is 4.34. The van der Waals surface area contributed by atoms with Gasteiger partial charge in [-0.05, 0) is 44.9 Å². The van der Waals surface area contributed by atoms with E-state index >= 15 is 0 Å². The Morgan fingerprint density at radius 3 is 3.07 bits per heavy atom. The molecule has 2 aromatic rings. The van der Waals surface area contributed by atoms with Gasteiger partial charge in [0.05, 0.1) is 18.6 Å². The Morgan fingerprint density at radius 2 is 2.26 bits per heavy atom. The van der Waals surface area contributed by atoms with E-state index in [0.29, 0.717) is 31.4 Å². The van der Waals surface area contributed by atoms with Gasteiger partial charge in [0.2, 0.25) is 0 Å². The number of carbonyl (C=O) groups excluding carboxylic acids is 1. The number of rotatable bonds is 5. The van der Waals surface area contributed by atoms with E-state index in [1.54, 1.807) is 0 Å². The van der Waals surface area contributed by atoms with Crippen molar-refractivity contribution in [1.29, 1.82) is 0 Å². The second-order valence-corrected chi connectivity index (χ2v) is 7.37. The number of benzene rings is 1. The van der Waals surface area contributed by atoms with Gasteiger partial charge in [-0.25, -0.2) is 0 Å². The first-order valence-corrected chi connectivity index (χ1v) is 9.72. The van der Waals surface area contributed by atoms with Crippen molar-refractivity contribution in [2.45, 2.75) is 38.8 Å². The van der Waals surface area contributed by atoms with E-state index in [0.717, 1.165) is 37.9 Å². The van der Waals surface area contributed by atoms with Crippen molar-refractivity contribution in [3.63, 3.8) is 0 Å². The van der Waals surface area contributed by atoms with Crippen molar-refractivity contribution < 1.29 is 14.1 Å². The van der Waals surface area contributed by atoms with Gasteiger partial charge in [0, 0.05) is 24.7 Å². The zero-order valence-electron chi connectivity index (χ0n) is 15.7. The number of carbonyl (C=O) groups is 1. The zero-order valence-corrected chi connectivity index (χ0v) is 15.7. The van der Waals surface area contributed by atoms with Gasteiger partial charge in [0.1, 0.15) is 0 Å². The monoisotopic (exact) mass is 370 g/mol. The van der Waals surface area contributed by atoms with Crippen molar-refractivity contribution in [3.05, 3.63) is 36.2 Å². The summed E-state index contributed by atoms with van der Waals surface area (Å²) in [6.07, 6.45) is 2.77. The number of piperidine rings is 2. The molecule has 1 N–H and O–H groups in total. The normalized spacial score (nSPS) is 25.7. The first kappa shape index (κ1) is 18.1. The molecule has 0 unspecified atom stereocenters. The molecule has 7 nitrogen and oxygen atoms in total. The molecule has 27 heavy (non-hydrogen) atoms. The summed E-state index contributed by atoms with van der Waals surface area (Å²) in [6, 6.07) is 9.94. The molecule has 2 saturated heterocycles. The molecule has 0 spiro atoms. The molecule has 2 aliphatic rings. The number of fused-ring (bicyclic) bond motifs is 1. The average molecular weight is 370 g/mol. The maximum absolute atomic E-state index is 12.8. The van der Waals surface area contributed by atoms with Gasteiger partial charge in [-0.15, -0.1) is 0 Å². The predicted octanol–water partition coefficient (Wildman–Crippen LogP) is 2.24. The van der Waals surface area contributed by atoms with Crippen LogP contribution in [0.15, 0.2) is 34.9 Å². The second-order valence-electron chi connectivity index (χ2n) is 7.37. The van der Waals surface area contributed by atoms with Crippen LogP contribution in [-0.4, -0.2) is 53.3 Å². The lowest BCUT2D eigenvalue weighted by Crippen LogP contribution is -2.63. The Bertz CT molecular complexity index is 779. The summed E-state index contributed by atoms with van der Waals surface area (Å²) in [7, 11) is 0. The molecule has 2 fully saturated rings. The van der Waals surface area contributed by atoms with E-state index < -0.39 is 5.41 Å². The van der Waals surface area contributed by atoms with Crippen LogP contribution in [0, 0.1) is 5.41 Å². The summed E-state index contributed by atoms with van der Waals surface area (Å²) in [5.74, 6) is 1.10. The molecule has 1 aromatic heterocycles. The van der Waals surface area contributed by atoms with Gasteiger partial charge < -0.3 is 14.6 Å². The van der Waals surface area contributed by atoms with Crippen LogP contribution in [0.3, 0.4) is 0 Å². The van der Waals surface area contributed by atoms with Gasteiger partial charge in [0.15, 0.2) is 5.82 Å². The van der Waals surface area contributed by atoms with Crippen LogP contribution < -0.4 is 5.32 Å². The van der Waals surface area contributed by atoms with Crippen molar-refractivity contribution in [1.82, 2.24) is 20.4 Å². The molecule has 7 heteroatoms. The minimum atomic E-state index is -0.474. The first-order valence-electron chi connectivity index (χ1n) is 9.72. The molecule has 3 heterocycles. The molecule has 1 aromatic carbocycles. The SMILES string of the molecule is CCOC(=O)[C@]12CCCN[C@@H]1CCN(Cc1noc(-c3ccccc3)n1)C2. The summed E-state index contributed by atoms with van der Waals surface area (Å²) in [4.78, 5) is 19.6. The van der Waals surface area contributed by atoms with Gasteiger partial charge in [0.25, 0.3) is 5.89 Å². The number of nitrogens with zero attached hydrogens (tertiary/aromatic N) is 3. The van der Waals surface area contributed by atoms with Crippen LogP contribution in [0.2, 0.25) is 0 Å². The van der Waals surface area contributed by atoms with Gasteiger partial charge >= 0.3 is 5.97 Å². The summed E-state index contributed by atoms with van der Waals surface area (Å²) in [5, 5.41) is 7.67. The highest BCUT2D eigenvalue weighted by Crippen LogP contribution is 2.39. The van der Waals surface area contributed by atoms with Crippen molar-refractivity contribution in [2.75, 3.05) is 26.2 Å². The van der Waals surface area contributed by atoms with Crippen molar-refractivity contribution >= 4 is 5.97 Å². The quantitative estimate of drug-likeness (QED) is 0.809. The Hall–Kier alpha value is -2.25. The Labute approximate surface area is 159 Å². The molecule has 2 aliphatic heterocycles. The third-order valence-electron chi connectivity index (χ3n) is 5.63. The summed E-state index contributed by atoms with van der Waals surface area (Å²) >= 11 is 0. The van der Waals surface area contributed by atoms with Crippen molar-refractivity contribution in [3.8, 4) is 11.5 Å². The Kier molecular flexibility index (Phi) is 5.22. The Morgan fingerprint density at radius 1 is 1.41 bits per heavy atom. The number of nitrogens with one attached hydrogen (secondary N) is 1. The van der Waals surface area contributed by atoms with Crippen LogP contribution in [0.25, 0.3) is 11.5 Å². The maximum atomic E-state index is 12.8. The Balaban J connectivity index is 1.48. The number of hydrogen-bond acceptors (Lipinski definition) is 7. The minimum absolute atomic E-state index is 0.0787. The van der Waals surface area contributed by atoms with E-state index in [1.165, 1.54) is 0 Å². The minimum Gasteiger partial charge on any atom is -0.465 e. The lowest BCUT2D eigenvalue weighted by atomic mass is 9.70. The largest absolute Gasteiger partial charge is 0.465 e. The molecule has 0 saturated carbocycles. The number of likely N-dealkylation sites (tertiary alicyclic amines) is 1. The lowest BCUT2D eigenvalue weighted by molar-refractivity contribution is -0.164. The molecule has 4 rings (SSSR count).